The minimum Gasteiger partial charge on any atom is -0.497 e. The van der Waals surface area contributed by atoms with Gasteiger partial charge in [-0.1, -0.05) is 29.4 Å². The van der Waals surface area contributed by atoms with Crippen molar-refractivity contribution in [2.24, 2.45) is 5.16 Å². The van der Waals surface area contributed by atoms with Gasteiger partial charge in [0.05, 0.1) is 12.8 Å². The molecule has 4 nitrogen and oxygen atoms in total. The third kappa shape index (κ3) is 2.70. The van der Waals surface area contributed by atoms with E-state index >= 15 is 0 Å². The maximum atomic E-state index is 9.00. The number of hydrogen-bond donors (Lipinski definition) is 1. The van der Waals surface area contributed by atoms with E-state index in [0.717, 1.165) is 46.7 Å². The van der Waals surface area contributed by atoms with Gasteiger partial charge in [0.1, 0.15) is 18.1 Å². The van der Waals surface area contributed by atoms with Crippen LogP contribution in [0.1, 0.15) is 23.1 Å². The van der Waals surface area contributed by atoms with Crippen molar-refractivity contribution in [1.29, 1.82) is 0 Å². The molecule has 1 aliphatic carbocycles. The summed E-state index contributed by atoms with van der Waals surface area (Å²) in [6.45, 7) is 0.506. The van der Waals surface area contributed by atoms with Gasteiger partial charge in [0.25, 0.3) is 0 Å². The van der Waals surface area contributed by atoms with Crippen LogP contribution >= 0.6 is 0 Å². The summed E-state index contributed by atoms with van der Waals surface area (Å²) in [5, 5.41) is 12.4. The predicted molar refractivity (Wildman–Crippen MR) is 80.4 cm³/mol. The first-order valence-corrected chi connectivity index (χ1v) is 6.90. The Hall–Kier alpha value is -2.49. The van der Waals surface area contributed by atoms with Gasteiger partial charge in [-0.15, -0.1) is 0 Å². The van der Waals surface area contributed by atoms with Gasteiger partial charge >= 0.3 is 0 Å². The van der Waals surface area contributed by atoms with Gasteiger partial charge in [0, 0.05) is 11.1 Å². The molecule has 21 heavy (non-hydrogen) atoms. The SMILES string of the molecule is COc1ccc(COc2cccc3c2CCC3=NO)cc1. The largest absolute Gasteiger partial charge is 0.497 e. The summed E-state index contributed by atoms with van der Waals surface area (Å²) < 4.78 is 11.1. The van der Waals surface area contributed by atoms with Crippen LogP contribution in [0.3, 0.4) is 0 Å². The van der Waals surface area contributed by atoms with Crippen molar-refractivity contribution in [3.63, 3.8) is 0 Å². The fourth-order valence-electron chi connectivity index (χ4n) is 2.59. The number of hydrogen-bond acceptors (Lipinski definition) is 4. The van der Waals surface area contributed by atoms with E-state index < -0.39 is 0 Å². The second kappa shape index (κ2) is 5.87. The highest BCUT2D eigenvalue weighted by Crippen LogP contribution is 2.31. The molecule has 0 bridgehead atoms. The molecule has 1 N–H and O–H groups in total. The third-order valence-corrected chi connectivity index (χ3v) is 3.73. The third-order valence-electron chi connectivity index (χ3n) is 3.73. The van der Waals surface area contributed by atoms with E-state index in [-0.39, 0.29) is 0 Å². The van der Waals surface area contributed by atoms with E-state index in [1.54, 1.807) is 7.11 Å². The molecule has 2 aromatic rings. The molecule has 2 aromatic carbocycles. The van der Waals surface area contributed by atoms with Crippen molar-refractivity contribution < 1.29 is 14.7 Å². The molecule has 0 heterocycles. The summed E-state index contributed by atoms with van der Waals surface area (Å²) in [5.74, 6) is 1.70. The maximum absolute atomic E-state index is 9.00. The van der Waals surface area contributed by atoms with Crippen LogP contribution in [0.25, 0.3) is 0 Å². The average molecular weight is 283 g/mol. The van der Waals surface area contributed by atoms with Gasteiger partial charge in [-0.25, -0.2) is 0 Å². The van der Waals surface area contributed by atoms with Crippen LogP contribution in [-0.2, 0) is 13.0 Å². The van der Waals surface area contributed by atoms with Crippen molar-refractivity contribution in [1.82, 2.24) is 0 Å². The van der Waals surface area contributed by atoms with Crippen molar-refractivity contribution >= 4 is 5.71 Å². The number of ether oxygens (including phenoxy) is 2. The Kier molecular flexibility index (Phi) is 3.77. The molecule has 0 aromatic heterocycles. The molecule has 0 saturated carbocycles. The van der Waals surface area contributed by atoms with Crippen LogP contribution in [0.2, 0.25) is 0 Å². The van der Waals surface area contributed by atoms with Gasteiger partial charge in [0.2, 0.25) is 0 Å². The zero-order chi connectivity index (χ0) is 14.7. The molecule has 0 amide bonds. The number of oxime groups is 1. The van der Waals surface area contributed by atoms with Crippen LogP contribution in [0, 0.1) is 0 Å². The van der Waals surface area contributed by atoms with E-state index in [1.807, 2.05) is 42.5 Å². The van der Waals surface area contributed by atoms with Crippen LogP contribution < -0.4 is 9.47 Å². The van der Waals surface area contributed by atoms with Crippen LogP contribution in [0.4, 0.5) is 0 Å². The fourth-order valence-corrected chi connectivity index (χ4v) is 2.59. The summed E-state index contributed by atoms with van der Waals surface area (Å²) in [5.41, 5.74) is 3.94. The summed E-state index contributed by atoms with van der Waals surface area (Å²) in [6.07, 6.45) is 1.61. The Labute approximate surface area is 123 Å². The predicted octanol–water partition coefficient (Wildman–Crippen LogP) is 3.40. The van der Waals surface area contributed by atoms with Gasteiger partial charge in [-0.2, -0.15) is 0 Å². The normalized spacial score (nSPS) is 15.0. The lowest BCUT2D eigenvalue weighted by Gasteiger charge is -2.11. The van der Waals surface area contributed by atoms with Gasteiger partial charge in [0.15, 0.2) is 0 Å². The van der Waals surface area contributed by atoms with E-state index in [9.17, 15) is 0 Å². The Morgan fingerprint density at radius 3 is 2.62 bits per heavy atom. The molecule has 0 radical (unpaired) electrons. The Morgan fingerprint density at radius 1 is 1.10 bits per heavy atom. The number of rotatable bonds is 4. The average Bonchev–Trinajstić information content (AvgIpc) is 2.97. The molecular formula is C17H17NO3. The fraction of sp³-hybridized carbons (Fsp3) is 0.235. The second-order valence-electron chi connectivity index (χ2n) is 4.97. The van der Waals surface area contributed by atoms with Gasteiger partial charge < -0.3 is 14.7 Å². The monoisotopic (exact) mass is 283 g/mol. The summed E-state index contributed by atoms with van der Waals surface area (Å²) in [4.78, 5) is 0. The van der Waals surface area contributed by atoms with Crippen molar-refractivity contribution in [3.05, 3.63) is 59.2 Å². The first-order valence-electron chi connectivity index (χ1n) is 6.90. The molecule has 0 saturated heterocycles. The van der Waals surface area contributed by atoms with E-state index in [0.29, 0.717) is 6.61 Å². The molecule has 1 aliphatic rings. The minimum atomic E-state index is 0.506. The van der Waals surface area contributed by atoms with E-state index in [1.165, 1.54) is 0 Å². The lowest BCUT2D eigenvalue weighted by molar-refractivity contribution is 0.303. The second-order valence-corrected chi connectivity index (χ2v) is 4.97. The number of benzene rings is 2. The zero-order valence-electron chi connectivity index (χ0n) is 11.9. The minimum absolute atomic E-state index is 0.506. The Morgan fingerprint density at radius 2 is 1.90 bits per heavy atom. The molecule has 108 valence electrons. The number of fused-ring (bicyclic) bond motifs is 1. The summed E-state index contributed by atoms with van der Waals surface area (Å²) in [6, 6.07) is 13.7. The molecule has 0 fully saturated rings. The highest BCUT2D eigenvalue weighted by Gasteiger charge is 2.21. The summed E-state index contributed by atoms with van der Waals surface area (Å²) >= 11 is 0. The van der Waals surface area contributed by atoms with Gasteiger partial charge in [-0.05, 0) is 36.6 Å². The van der Waals surface area contributed by atoms with Crippen LogP contribution in [0.5, 0.6) is 11.5 Å². The summed E-state index contributed by atoms with van der Waals surface area (Å²) in [7, 11) is 1.65. The number of methoxy groups -OCH3 is 1. The highest BCUT2D eigenvalue weighted by molar-refractivity contribution is 6.04. The first kappa shape index (κ1) is 13.5. The van der Waals surface area contributed by atoms with Crippen LogP contribution in [-0.4, -0.2) is 18.0 Å². The maximum Gasteiger partial charge on any atom is 0.123 e. The first-order chi connectivity index (χ1) is 10.3. The topological polar surface area (TPSA) is 51.0 Å². The number of nitrogens with zero attached hydrogens (tertiary/aromatic N) is 1. The standard InChI is InChI=1S/C17H17NO3/c1-20-13-7-5-12(6-8-13)11-21-17-4-2-3-14-15(17)9-10-16(14)18-19/h2-8,19H,9-11H2,1H3. The van der Waals surface area contributed by atoms with Crippen LogP contribution in [0.15, 0.2) is 47.6 Å². The molecule has 0 atom stereocenters. The molecule has 0 unspecified atom stereocenters. The quantitative estimate of drug-likeness (QED) is 0.691. The Bertz CT molecular complexity index is 662. The molecule has 4 heteroatoms. The highest BCUT2D eigenvalue weighted by atomic mass is 16.5. The zero-order valence-corrected chi connectivity index (χ0v) is 11.9. The van der Waals surface area contributed by atoms with Crippen molar-refractivity contribution in [2.75, 3.05) is 7.11 Å². The molecule has 0 spiro atoms. The smallest absolute Gasteiger partial charge is 0.123 e. The van der Waals surface area contributed by atoms with E-state index in [4.69, 9.17) is 14.7 Å². The molecule has 3 rings (SSSR count). The van der Waals surface area contributed by atoms with Crippen molar-refractivity contribution in [3.8, 4) is 11.5 Å². The molecule has 0 aliphatic heterocycles. The Balaban J connectivity index is 1.75. The van der Waals surface area contributed by atoms with Gasteiger partial charge in [-0.3, -0.25) is 0 Å². The molecular weight excluding hydrogens is 266 g/mol. The lowest BCUT2D eigenvalue weighted by atomic mass is 10.1. The van der Waals surface area contributed by atoms with E-state index in [2.05, 4.69) is 5.16 Å². The lowest BCUT2D eigenvalue weighted by Crippen LogP contribution is -1.99. The van der Waals surface area contributed by atoms with Crippen molar-refractivity contribution in [2.45, 2.75) is 19.4 Å².